The van der Waals surface area contributed by atoms with Crippen LogP contribution >= 0.6 is 11.5 Å². The van der Waals surface area contributed by atoms with Gasteiger partial charge in [0.05, 0.1) is 11.9 Å². The Morgan fingerprint density at radius 3 is 2.75 bits per heavy atom. The Balaban J connectivity index is 1.72. The molecular weight excluding hydrogens is 320 g/mol. The largest absolute Gasteiger partial charge is 0.383 e. The summed E-state index contributed by atoms with van der Waals surface area (Å²) in [5.41, 5.74) is 11.1. The van der Waals surface area contributed by atoms with E-state index in [1.807, 2.05) is 22.3 Å². The minimum absolute atomic E-state index is 0.425. The Bertz CT molecular complexity index is 1020. The van der Waals surface area contributed by atoms with Crippen LogP contribution in [0, 0.1) is 13.8 Å². The molecule has 120 valence electrons. The van der Waals surface area contributed by atoms with Crippen LogP contribution < -0.4 is 5.73 Å². The quantitative estimate of drug-likeness (QED) is 0.621. The Hall–Kier alpha value is -2.80. The molecular formula is C17H16N6S. The first-order valence-corrected chi connectivity index (χ1v) is 8.41. The second-order valence-electron chi connectivity index (χ2n) is 5.80. The summed E-state index contributed by atoms with van der Waals surface area (Å²) in [4.78, 5) is 8.84. The number of benzene rings is 1. The summed E-state index contributed by atoms with van der Waals surface area (Å²) < 4.78 is 6.11. The Labute approximate surface area is 143 Å². The van der Waals surface area contributed by atoms with Gasteiger partial charge in [0, 0.05) is 11.6 Å². The molecule has 0 aliphatic carbocycles. The first-order valence-electron chi connectivity index (χ1n) is 7.58. The standard InChI is InChI=1S/C17H16N6S/c1-10-3-4-12(7-11(10)2)8-23-9-13-15(18)19-17(20-16(13)21-23)14-5-6-24-22-14/h3-7,9H,8H2,1-2H3,(H2,18,19,20,21). The number of aryl methyl sites for hydroxylation is 2. The average Bonchev–Trinajstić information content (AvgIpc) is 3.20. The van der Waals surface area contributed by atoms with Gasteiger partial charge in [0.25, 0.3) is 0 Å². The van der Waals surface area contributed by atoms with E-state index in [1.165, 1.54) is 28.2 Å². The van der Waals surface area contributed by atoms with E-state index >= 15 is 0 Å². The van der Waals surface area contributed by atoms with Gasteiger partial charge in [0.2, 0.25) is 0 Å². The third-order valence-electron chi connectivity index (χ3n) is 4.04. The van der Waals surface area contributed by atoms with Crippen LogP contribution in [0.5, 0.6) is 0 Å². The highest BCUT2D eigenvalue weighted by Crippen LogP contribution is 2.22. The molecule has 0 saturated carbocycles. The second kappa shape index (κ2) is 5.68. The predicted octanol–water partition coefficient (Wildman–Crippen LogP) is 3.20. The first kappa shape index (κ1) is 14.8. The van der Waals surface area contributed by atoms with E-state index in [2.05, 4.69) is 51.5 Å². The number of nitrogen functional groups attached to an aromatic ring is 1. The molecule has 3 aromatic heterocycles. The van der Waals surface area contributed by atoms with Crippen LogP contribution in [0.25, 0.3) is 22.6 Å². The van der Waals surface area contributed by atoms with Crippen molar-refractivity contribution in [2.75, 3.05) is 5.73 Å². The summed E-state index contributed by atoms with van der Waals surface area (Å²) in [6.07, 6.45) is 1.89. The van der Waals surface area contributed by atoms with E-state index in [1.54, 1.807) is 0 Å². The fourth-order valence-corrected chi connectivity index (χ4v) is 3.09. The smallest absolute Gasteiger partial charge is 0.187 e. The fourth-order valence-electron chi connectivity index (χ4n) is 2.59. The Kier molecular flexibility index (Phi) is 3.50. The summed E-state index contributed by atoms with van der Waals surface area (Å²) in [6, 6.07) is 8.29. The van der Waals surface area contributed by atoms with E-state index < -0.39 is 0 Å². The lowest BCUT2D eigenvalue weighted by atomic mass is 10.1. The van der Waals surface area contributed by atoms with Crippen LogP contribution in [-0.4, -0.2) is 24.1 Å². The number of nitrogens with two attached hydrogens (primary N) is 1. The fraction of sp³-hybridized carbons (Fsp3) is 0.176. The van der Waals surface area contributed by atoms with Crippen molar-refractivity contribution in [2.45, 2.75) is 20.4 Å². The highest BCUT2D eigenvalue weighted by atomic mass is 32.1. The lowest BCUT2D eigenvalue weighted by Gasteiger charge is -2.05. The Morgan fingerprint density at radius 2 is 2.00 bits per heavy atom. The molecule has 1 aromatic carbocycles. The van der Waals surface area contributed by atoms with Crippen molar-refractivity contribution in [2.24, 2.45) is 0 Å². The van der Waals surface area contributed by atoms with Crippen molar-refractivity contribution in [3.8, 4) is 11.5 Å². The van der Waals surface area contributed by atoms with E-state index in [0.717, 1.165) is 11.1 Å². The molecule has 0 saturated heterocycles. The van der Waals surface area contributed by atoms with Gasteiger partial charge in [0.15, 0.2) is 11.5 Å². The number of nitrogens with zero attached hydrogens (tertiary/aromatic N) is 5. The molecule has 0 radical (unpaired) electrons. The molecule has 0 unspecified atom stereocenters. The van der Waals surface area contributed by atoms with Gasteiger partial charge in [-0.05, 0) is 48.1 Å². The molecule has 4 aromatic rings. The maximum atomic E-state index is 6.08. The van der Waals surface area contributed by atoms with E-state index in [9.17, 15) is 0 Å². The van der Waals surface area contributed by atoms with Crippen LogP contribution in [0.1, 0.15) is 16.7 Å². The van der Waals surface area contributed by atoms with Crippen molar-refractivity contribution in [3.05, 3.63) is 52.5 Å². The van der Waals surface area contributed by atoms with Crippen LogP contribution in [0.3, 0.4) is 0 Å². The molecule has 24 heavy (non-hydrogen) atoms. The van der Waals surface area contributed by atoms with Gasteiger partial charge < -0.3 is 5.73 Å². The highest BCUT2D eigenvalue weighted by molar-refractivity contribution is 7.03. The van der Waals surface area contributed by atoms with Gasteiger partial charge in [0.1, 0.15) is 11.5 Å². The molecule has 7 heteroatoms. The molecule has 3 heterocycles. The van der Waals surface area contributed by atoms with E-state index in [4.69, 9.17) is 5.73 Å². The van der Waals surface area contributed by atoms with Gasteiger partial charge >= 0.3 is 0 Å². The Morgan fingerprint density at radius 1 is 1.12 bits per heavy atom. The molecule has 0 atom stereocenters. The predicted molar refractivity (Wildman–Crippen MR) is 95.9 cm³/mol. The number of hydrogen-bond donors (Lipinski definition) is 1. The SMILES string of the molecule is Cc1ccc(Cn2cc3c(N)nc(-c4ccsn4)nc3n2)cc1C. The lowest BCUT2D eigenvalue weighted by molar-refractivity contribution is 0.693. The number of rotatable bonds is 3. The number of fused-ring (bicyclic) bond motifs is 1. The zero-order valence-corrected chi connectivity index (χ0v) is 14.2. The minimum Gasteiger partial charge on any atom is -0.383 e. The minimum atomic E-state index is 0.425. The number of aromatic nitrogens is 5. The van der Waals surface area contributed by atoms with Gasteiger partial charge in [-0.2, -0.15) is 9.47 Å². The summed E-state index contributed by atoms with van der Waals surface area (Å²) in [5.74, 6) is 0.937. The van der Waals surface area contributed by atoms with E-state index in [0.29, 0.717) is 23.8 Å². The molecule has 0 aliphatic heterocycles. The normalized spacial score (nSPS) is 11.2. The molecule has 0 aliphatic rings. The molecule has 6 nitrogen and oxygen atoms in total. The third kappa shape index (κ3) is 2.63. The van der Waals surface area contributed by atoms with E-state index in [-0.39, 0.29) is 0 Å². The van der Waals surface area contributed by atoms with Gasteiger partial charge in [-0.15, -0.1) is 0 Å². The molecule has 0 spiro atoms. The van der Waals surface area contributed by atoms with Crippen molar-refractivity contribution in [1.29, 1.82) is 0 Å². The summed E-state index contributed by atoms with van der Waals surface area (Å²) >= 11 is 1.36. The topological polar surface area (TPSA) is 82.5 Å². The van der Waals surface area contributed by atoms with Crippen molar-refractivity contribution < 1.29 is 0 Å². The first-order chi connectivity index (χ1) is 11.6. The number of anilines is 1. The lowest BCUT2D eigenvalue weighted by Crippen LogP contribution is -2.00. The van der Waals surface area contributed by atoms with Crippen molar-refractivity contribution >= 4 is 28.4 Å². The van der Waals surface area contributed by atoms with Gasteiger partial charge in [-0.25, -0.2) is 9.97 Å². The average molecular weight is 336 g/mol. The monoisotopic (exact) mass is 336 g/mol. The second-order valence-corrected chi connectivity index (χ2v) is 6.47. The number of hydrogen-bond acceptors (Lipinski definition) is 6. The highest BCUT2D eigenvalue weighted by Gasteiger charge is 2.12. The third-order valence-corrected chi connectivity index (χ3v) is 4.60. The zero-order valence-electron chi connectivity index (χ0n) is 13.4. The van der Waals surface area contributed by atoms with Crippen LogP contribution in [0.4, 0.5) is 5.82 Å². The van der Waals surface area contributed by atoms with Crippen LogP contribution in [0.2, 0.25) is 0 Å². The summed E-state index contributed by atoms with van der Waals surface area (Å²) in [7, 11) is 0. The summed E-state index contributed by atoms with van der Waals surface area (Å²) in [5, 5.41) is 7.20. The van der Waals surface area contributed by atoms with Crippen LogP contribution in [-0.2, 0) is 6.54 Å². The maximum Gasteiger partial charge on any atom is 0.187 e. The molecule has 0 bridgehead atoms. The molecule has 2 N–H and O–H groups in total. The maximum absolute atomic E-state index is 6.08. The van der Waals surface area contributed by atoms with Crippen LogP contribution in [0.15, 0.2) is 35.8 Å². The molecule has 0 fully saturated rings. The van der Waals surface area contributed by atoms with Crippen molar-refractivity contribution in [1.82, 2.24) is 24.1 Å². The zero-order chi connectivity index (χ0) is 16.7. The molecule has 0 amide bonds. The van der Waals surface area contributed by atoms with Crippen molar-refractivity contribution in [3.63, 3.8) is 0 Å². The van der Waals surface area contributed by atoms with Gasteiger partial charge in [-0.3, -0.25) is 4.68 Å². The summed E-state index contributed by atoms with van der Waals surface area (Å²) in [6.45, 7) is 4.89. The molecule has 4 rings (SSSR count). The van der Waals surface area contributed by atoms with Gasteiger partial charge in [-0.1, -0.05) is 18.2 Å².